The van der Waals surface area contributed by atoms with Crippen molar-refractivity contribution in [2.45, 2.75) is 12.3 Å². The van der Waals surface area contributed by atoms with Gasteiger partial charge < -0.3 is 15.2 Å². The van der Waals surface area contributed by atoms with E-state index in [1.807, 2.05) is 29.6 Å². The summed E-state index contributed by atoms with van der Waals surface area (Å²) in [6.07, 6.45) is 0.573. The number of methoxy groups -OCH3 is 2. The van der Waals surface area contributed by atoms with Gasteiger partial charge in [0.05, 0.1) is 24.8 Å². The molecule has 0 amide bonds. The third kappa shape index (κ3) is 4.23. The lowest BCUT2D eigenvalue weighted by Crippen LogP contribution is -2.08. The Morgan fingerprint density at radius 1 is 1.11 bits per heavy atom. The zero-order valence-corrected chi connectivity index (χ0v) is 16.7. The topological polar surface area (TPSA) is 86.7 Å². The predicted octanol–water partition coefficient (Wildman–Crippen LogP) is 4.09. The molecular weight excluding hydrogens is 378 g/mol. The van der Waals surface area contributed by atoms with Crippen LogP contribution in [0.5, 0.6) is 11.5 Å². The van der Waals surface area contributed by atoms with Crippen LogP contribution in [0.1, 0.15) is 22.7 Å². The molecule has 8 heteroatoms. The molecule has 0 radical (unpaired) electrons. The van der Waals surface area contributed by atoms with Crippen LogP contribution in [0.15, 0.2) is 47.8 Å². The largest absolute Gasteiger partial charge is 0.497 e. The summed E-state index contributed by atoms with van der Waals surface area (Å²) in [5.74, 6) is 1.41. The molecule has 0 aliphatic rings. The van der Waals surface area contributed by atoms with E-state index in [9.17, 15) is 4.91 Å². The number of anilines is 1. The molecule has 2 aromatic carbocycles. The summed E-state index contributed by atoms with van der Waals surface area (Å²) in [4.78, 5) is 21.6. The van der Waals surface area contributed by atoms with Gasteiger partial charge in [-0.25, -0.2) is 9.82 Å². The highest BCUT2D eigenvalue weighted by molar-refractivity contribution is 7.13. The molecule has 0 aliphatic heterocycles. The Labute approximate surface area is 167 Å². The van der Waals surface area contributed by atoms with E-state index in [0.717, 1.165) is 22.6 Å². The average Bonchev–Trinajstić information content (AvgIpc) is 3.17. The van der Waals surface area contributed by atoms with Crippen molar-refractivity contribution in [3.8, 4) is 11.5 Å². The quantitative estimate of drug-likeness (QED) is 0.573. The van der Waals surface area contributed by atoms with Gasteiger partial charge in [0.2, 0.25) is 0 Å². The van der Waals surface area contributed by atoms with Gasteiger partial charge in [-0.15, -0.1) is 11.3 Å². The summed E-state index contributed by atoms with van der Waals surface area (Å²) in [5, 5.41) is 2.47. The number of benzene rings is 2. The second kappa shape index (κ2) is 8.71. The number of ether oxygens (including phenoxy) is 2. The molecule has 0 bridgehead atoms. The Hall–Kier alpha value is -3.13. The third-order valence-corrected chi connectivity index (χ3v) is 5.17. The highest BCUT2D eigenvalue weighted by Gasteiger charge is 2.23. The Kier molecular flexibility index (Phi) is 6.10. The third-order valence-electron chi connectivity index (χ3n) is 4.48. The minimum atomic E-state index is -0.0637. The fraction of sp³-hybridized carbons (Fsp3) is 0.250. The van der Waals surface area contributed by atoms with Crippen LogP contribution in [0.3, 0.4) is 0 Å². The summed E-state index contributed by atoms with van der Waals surface area (Å²) in [6.45, 7) is 0. The summed E-state index contributed by atoms with van der Waals surface area (Å²) in [7, 11) is 4.57. The van der Waals surface area contributed by atoms with Gasteiger partial charge in [-0.2, -0.15) is 0 Å². The first-order valence-corrected chi connectivity index (χ1v) is 9.46. The Bertz CT molecular complexity index is 956. The monoisotopic (exact) mass is 400 g/mol. The van der Waals surface area contributed by atoms with Gasteiger partial charge in [-0.1, -0.05) is 12.1 Å². The standard InChI is InChI=1S/C20H22N3O4S/c1-25-16-7-4-13(5-8-16)17(18-12-28-20(21)22-18)11-14-10-15(23(24)27-3)6-9-19(14)26-2/h4-10,12,17H,11H2,1-3H3,(H2,21,22)/q+1. The van der Waals surface area contributed by atoms with Gasteiger partial charge in [0.25, 0.3) is 4.92 Å². The van der Waals surface area contributed by atoms with Gasteiger partial charge in [0, 0.05) is 29.0 Å². The highest BCUT2D eigenvalue weighted by Crippen LogP contribution is 2.35. The van der Waals surface area contributed by atoms with E-state index in [2.05, 4.69) is 4.98 Å². The Morgan fingerprint density at radius 3 is 2.43 bits per heavy atom. The number of hydrogen-bond donors (Lipinski definition) is 1. The molecule has 1 atom stereocenters. The fourth-order valence-corrected chi connectivity index (χ4v) is 3.67. The Balaban J connectivity index is 2.02. The molecular formula is C20H22N3O4S+. The first-order valence-electron chi connectivity index (χ1n) is 8.58. The van der Waals surface area contributed by atoms with Crippen LogP contribution in [-0.2, 0) is 11.3 Å². The van der Waals surface area contributed by atoms with E-state index in [4.69, 9.17) is 20.0 Å². The van der Waals surface area contributed by atoms with Crippen LogP contribution in [0, 0.1) is 4.91 Å². The molecule has 2 N–H and O–H groups in total. The fourth-order valence-electron chi connectivity index (χ4n) is 3.05. The number of hydrogen-bond acceptors (Lipinski definition) is 7. The predicted molar refractivity (Wildman–Crippen MR) is 108 cm³/mol. The molecule has 0 fully saturated rings. The minimum absolute atomic E-state index is 0.0637. The second-order valence-corrected chi connectivity index (χ2v) is 6.97. The summed E-state index contributed by atoms with van der Waals surface area (Å²) >= 11 is 1.40. The van der Waals surface area contributed by atoms with Crippen molar-refractivity contribution in [2.24, 2.45) is 0 Å². The summed E-state index contributed by atoms with van der Waals surface area (Å²) in [5.41, 5.74) is 9.05. The first kappa shape index (κ1) is 19.6. The summed E-state index contributed by atoms with van der Waals surface area (Å²) < 4.78 is 10.8. The maximum absolute atomic E-state index is 11.9. The molecule has 0 spiro atoms. The van der Waals surface area contributed by atoms with Crippen molar-refractivity contribution in [3.05, 3.63) is 69.6 Å². The number of nitrogen functional groups attached to an aromatic ring is 1. The summed E-state index contributed by atoms with van der Waals surface area (Å²) in [6, 6.07) is 13.0. The molecule has 0 saturated heterocycles. The number of nitrogens with two attached hydrogens (primary N) is 1. The first-order chi connectivity index (χ1) is 13.5. The van der Waals surface area contributed by atoms with Crippen LogP contribution in [0.2, 0.25) is 0 Å². The molecule has 0 aliphatic carbocycles. The van der Waals surface area contributed by atoms with E-state index < -0.39 is 0 Å². The zero-order valence-electron chi connectivity index (χ0n) is 15.9. The van der Waals surface area contributed by atoms with Crippen LogP contribution in [0.4, 0.5) is 10.8 Å². The van der Waals surface area contributed by atoms with E-state index >= 15 is 0 Å². The van der Waals surface area contributed by atoms with Gasteiger partial charge >= 0.3 is 5.69 Å². The maximum Gasteiger partial charge on any atom is 0.317 e. The molecule has 146 valence electrons. The minimum Gasteiger partial charge on any atom is -0.497 e. The number of thiazole rings is 1. The van der Waals surface area contributed by atoms with E-state index in [1.165, 1.54) is 18.4 Å². The lowest BCUT2D eigenvalue weighted by atomic mass is 9.89. The van der Waals surface area contributed by atoms with Gasteiger partial charge in [-0.05, 0) is 30.2 Å². The van der Waals surface area contributed by atoms with Gasteiger partial charge in [0.1, 0.15) is 11.5 Å². The van der Waals surface area contributed by atoms with Crippen LogP contribution in [-0.4, -0.2) is 31.2 Å². The number of aromatic nitrogens is 1. The van der Waals surface area contributed by atoms with E-state index in [-0.39, 0.29) is 5.92 Å². The van der Waals surface area contributed by atoms with E-state index in [1.54, 1.807) is 32.4 Å². The van der Waals surface area contributed by atoms with Crippen LogP contribution < -0.4 is 15.2 Å². The molecule has 3 rings (SSSR count). The molecule has 1 heterocycles. The van der Waals surface area contributed by atoms with Crippen LogP contribution >= 0.6 is 11.3 Å². The van der Waals surface area contributed by atoms with E-state index in [0.29, 0.717) is 27.9 Å². The lowest BCUT2D eigenvalue weighted by molar-refractivity contribution is -0.736. The van der Waals surface area contributed by atoms with Crippen molar-refractivity contribution in [1.82, 2.24) is 4.98 Å². The zero-order chi connectivity index (χ0) is 20.1. The molecule has 3 aromatic rings. The Morgan fingerprint density at radius 2 is 1.86 bits per heavy atom. The average molecular weight is 400 g/mol. The SMILES string of the molecule is COc1ccc(C(Cc2cc([N+](=O)OC)ccc2OC)c2csc(N)n2)cc1. The van der Waals surface area contributed by atoms with Crippen molar-refractivity contribution < 1.29 is 19.2 Å². The second-order valence-electron chi connectivity index (χ2n) is 6.08. The molecule has 1 aromatic heterocycles. The van der Waals surface area contributed by atoms with Crippen molar-refractivity contribution in [1.29, 1.82) is 0 Å². The molecule has 1 unspecified atom stereocenters. The maximum atomic E-state index is 11.9. The molecule has 0 saturated carbocycles. The normalized spacial score (nSPS) is 11.7. The van der Waals surface area contributed by atoms with Crippen LogP contribution in [0.25, 0.3) is 0 Å². The highest BCUT2D eigenvalue weighted by atomic mass is 32.1. The lowest BCUT2D eigenvalue weighted by Gasteiger charge is -2.17. The number of nitrogens with zero attached hydrogens (tertiary/aromatic N) is 2. The van der Waals surface area contributed by atoms with Gasteiger partial charge in [0.15, 0.2) is 12.2 Å². The molecule has 7 nitrogen and oxygen atoms in total. The number of rotatable bonds is 8. The van der Waals surface area contributed by atoms with Crippen molar-refractivity contribution in [2.75, 3.05) is 27.1 Å². The van der Waals surface area contributed by atoms with Gasteiger partial charge in [-0.3, -0.25) is 0 Å². The van der Waals surface area contributed by atoms with Crippen molar-refractivity contribution in [3.63, 3.8) is 0 Å². The molecule has 28 heavy (non-hydrogen) atoms. The van der Waals surface area contributed by atoms with Crippen molar-refractivity contribution >= 4 is 22.2 Å². The smallest absolute Gasteiger partial charge is 0.317 e.